The zero-order valence-electron chi connectivity index (χ0n) is 15.9. The van der Waals surface area contributed by atoms with Crippen molar-refractivity contribution in [2.45, 2.75) is 13.0 Å². The number of benzene rings is 2. The molecule has 0 N–H and O–H groups in total. The summed E-state index contributed by atoms with van der Waals surface area (Å²) in [7, 11) is 2.07. The van der Waals surface area contributed by atoms with Gasteiger partial charge in [-0.15, -0.1) is 0 Å². The highest BCUT2D eigenvalue weighted by Gasteiger charge is 2.34. The monoisotopic (exact) mass is 377 g/mol. The van der Waals surface area contributed by atoms with E-state index in [0.29, 0.717) is 16.7 Å². The summed E-state index contributed by atoms with van der Waals surface area (Å²) in [6.45, 7) is 3.58. The average molecular weight is 377 g/mol. The lowest BCUT2D eigenvalue weighted by Crippen LogP contribution is -2.34. The molecule has 2 aromatic carbocycles. The fourth-order valence-electron chi connectivity index (χ4n) is 3.75. The zero-order valence-corrected chi connectivity index (χ0v) is 15.9. The molecule has 0 aromatic heterocycles. The largest absolute Gasteiger partial charge is 0.337 e. The molecular formula is C22H23N3O3. The number of hydrogen-bond donors (Lipinski definition) is 0. The standard InChI is InChI=1S/C22H23N3O3/c1-23-11-4-12-24(14-13-23)20(26)17-9-7-16(8-10-17)15-25-21(27)18-5-2-3-6-19(18)22(25)28/h2-3,5-10H,4,11-15H2,1H3. The van der Waals surface area contributed by atoms with E-state index in [1.165, 1.54) is 4.90 Å². The van der Waals surface area contributed by atoms with Gasteiger partial charge in [0.1, 0.15) is 0 Å². The van der Waals surface area contributed by atoms with Gasteiger partial charge in [-0.25, -0.2) is 0 Å². The van der Waals surface area contributed by atoms with Crippen LogP contribution in [0.1, 0.15) is 43.1 Å². The van der Waals surface area contributed by atoms with E-state index in [4.69, 9.17) is 0 Å². The third-order valence-corrected chi connectivity index (χ3v) is 5.43. The van der Waals surface area contributed by atoms with Crippen LogP contribution in [0, 0.1) is 0 Å². The SMILES string of the molecule is CN1CCCN(C(=O)c2ccc(CN3C(=O)c4ccccc4C3=O)cc2)CC1. The van der Waals surface area contributed by atoms with Crippen LogP contribution in [-0.2, 0) is 6.54 Å². The molecule has 144 valence electrons. The third-order valence-electron chi connectivity index (χ3n) is 5.43. The van der Waals surface area contributed by atoms with Gasteiger partial charge in [-0.1, -0.05) is 24.3 Å². The number of carbonyl (C=O) groups excluding carboxylic acids is 3. The molecule has 2 aliphatic heterocycles. The maximum absolute atomic E-state index is 12.8. The summed E-state index contributed by atoms with van der Waals surface area (Å²) in [5.74, 6) is -0.508. The Morgan fingerprint density at radius 3 is 2.14 bits per heavy atom. The number of nitrogens with zero attached hydrogens (tertiary/aromatic N) is 3. The van der Waals surface area contributed by atoms with Gasteiger partial charge in [0, 0.05) is 25.2 Å². The molecule has 0 atom stereocenters. The van der Waals surface area contributed by atoms with E-state index < -0.39 is 0 Å². The number of likely N-dealkylation sites (N-methyl/N-ethyl adjacent to an activating group) is 1. The Morgan fingerprint density at radius 2 is 1.50 bits per heavy atom. The molecule has 0 radical (unpaired) electrons. The molecule has 4 rings (SSSR count). The van der Waals surface area contributed by atoms with Gasteiger partial charge in [-0.3, -0.25) is 19.3 Å². The second kappa shape index (κ2) is 7.56. The van der Waals surface area contributed by atoms with Gasteiger partial charge in [0.25, 0.3) is 17.7 Å². The van der Waals surface area contributed by atoms with Crippen molar-refractivity contribution in [2.24, 2.45) is 0 Å². The first-order valence-electron chi connectivity index (χ1n) is 9.56. The van der Waals surface area contributed by atoms with Crippen LogP contribution >= 0.6 is 0 Å². The van der Waals surface area contributed by atoms with E-state index in [-0.39, 0.29) is 24.3 Å². The van der Waals surface area contributed by atoms with E-state index in [2.05, 4.69) is 11.9 Å². The Hall–Kier alpha value is -2.99. The van der Waals surface area contributed by atoms with Crippen molar-refractivity contribution in [1.29, 1.82) is 0 Å². The molecule has 1 saturated heterocycles. The van der Waals surface area contributed by atoms with Crippen molar-refractivity contribution in [3.05, 3.63) is 70.8 Å². The van der Waals surface area contributed by atoms with Crippen molar-refractivity contribution in [3.63, 3.8) is 0 Å². The first-order chi connectivity index (χ1) is 13.5. The molecule has 0 unspecified atom stereocenters. The molecule has 2 aromatic rings. The fraction of sp³-hybridized carbons (Fsp3) is 0.318. The minimum absolute atomic E-state index is 0.0302. The Bertz CT molecular complexity index is 888. The predicted molar refractivity (Wildman–Crippen MR) is 105 cm³/mol. The van der Waals surface area contributed by atoms with Crippen LogP contribution in [-0.4, -0.2) is 65.6 Å². The Kier molecular flexibility index (Phi) is 4.96. The van der Waals surface area contributed by atoms with Crippen LogP contribution in [0.15, 0.2) is 48.5 Å². The summed E-state index contributed by atoms with van der Waals surface area (Å²) in [4.78, 5) is 43.1. The average Bonchev–Trinajstić information content (AvgIpc) is 2.86. The first kappa shape index (κ1) is 18.4. The van der Waals surface area contributed by atoms with Crippen LogP contribution in [0.25, 0.3) is 0 Å². The van der Waals surface area contributed by atoms with Crippen LogP contribution < -0.4 is 0 Å². The van der Waals surface area contributed by atoms with Crippen LogP contribution in [0.5, 0.6) is 0 Å². The third kappa shape index (κ3) is 3.43. The smallest absolute Gasteiger partial charge is 0.261 e. The lowest BCUT2D eigenvalue weighted by molar-refractivity contribution is 0.0641. The Balaban J connectivity index is 1.45. The second-order valence-electron chi connectivity index (χ2n) is 7.39. The number of hydrogen-bond acceptors (Lipinski definition) is 4. The van der Waals surface area contributed by atoms with E-state index in [1.807, 2.05) is 17.0 Å². The van der Waals surface area contributed by atoms with Crippen molar-refractivity contribution in [3.8, 4) is 0 Å². The van der Waals surface area contributed by atoms with Crippen molar-refractivity contribution in [1.82, 2.24) is 14.7 Å². The molecule has 0 saturated carbocycles. The summed E-state index contributed by atoms with van der Waals surface area (Å²) in [5.41, 5.74) is 2.35. The van der Waals surface area contributed by atoms with Gasteiger partial charge < -0.3 is 9.80 Å². The lowest BCUT2D eigenvalue weighted by Gasteiger charge is -2.21. The van der Waals surface area contributed by atoms with E-state index in [1.54, 1.807) is 36.4 Å². The first-order valence-corrected chi connectivity index (χ1v) is 9.56. The van der Waals surface area contributed by atoms with Gasteiger partial charge in [0.05, 0.1) is 17.7 Å². The van der Waals surface area contributed by atoms with Crippen molar-refractivity contribution in [2.75, 3.05) is 33.2 Å². The lowest BCUT2D eigenvalue weighted by atomic mass is 10.1. The molecule has 2 heterocycles. The Labute approximate surface area is 164 Å². The number of carbonyl (C=O) groups is 3. The van der Waals surface area contributed by atoms with E-state index >= 15 is 0 Å². The van der Waals surface area contributed by atoms with Crippen LogP contribution in [0.3, 0.4) is 0 Å². The van der Waals surface area contributed by atoms with Gasteiger partial charge in [0.2, 0.25) is 0 Å². The molecule has 0 spiro atoms. The van der Waals surface area contributed by atoms with Crippen molar-refractivity contribution < 1.29 is 14.4 Å². The highest BCUT2D eigenvalue weighted by Crippen LogP contribution is 2.24. The van der Waals surface area contributed by atoms with Crippen LogP contribution in [0.2, 0.25) is 0 Å². The fourth-order valence-corrected chi connectivity index (χ4v) is 3.75. The molecule has 6 heteroatoms. The molecule has 2 aliphatic rings. The summed E-state index contributed by atoms with van der Waals surface area (Å²) in [6.07, 6.45) is 0.972. The number of fused-ring (bicyclic) bond motifs is 1. The number of imide groups is 1. The summed E-state index contributed by atoms with van der Waals surface area (Å²) < 4.78 is 0. The number of rotatable bonds is 3. The Morgan fingerprint density at radius 1 is 0.857 bits per heavy atom. The molecule has 6 nitrogen and oxygen atoms in total. The minimum atomic E-state index is -0.269. The number of amides is 3. The summed E-state index contributed by atoms with van der Waals surface area (Å²) in [6, 6.07) is 14.1. The summed E-state index contributed by atoms with van der Waals surface area (Å²) >= 11 is 0. The molecule has 28 heavy (non-hydrogen) atoms. The molecule has 1 fully saturated rings. The highest BCUT2D eigenvalue weighted by molar-refractivity contribution is 6.21. The van der Waals surface area contributed by atoms with Gasteiger partial charge in [0.15, 0.2) is 0 Å². The second-order valence-corrected chi connectivity index (χ2v) is 7.39. The maximum atomic E-state index is 12.8. The summed E-state index contributed by atoms with van der Waals surface area (Å²) in [5, 5.41) is 0. The van der Waals surface area contributed by atoms with E-state index in [0.717, 1.165) is 38.2 Å². The normalized spacial score (nSPS) is 17.6. The minimum Gasteiger partial charge on any atom is -0.337 e. The van der Waals surface area contributed by atoms with Gasteiger partial charge in [-0.2, -0.15) is 0 Å². The van der Waals surface area contributed by atoms with Crippen LogP contribution in [0.4, 0.5) is 0 Å². The molecule has 3 amide bonds. The van der Waals surface area contributed by atoms with Crippen molar-refractivity contribution >= 4 is 17.7 Å². The molecule has 0 aliphatic carbocycles. The molecular weight excluding hydrogens is 354 g/mol. The molecule has 0 bridgehead atoms. The maximum Gasteiger partial charge on any atom is 0.261 e. The highest BCUT2D eigenvalue weighted by atomic mass is 16.2. The van der Waals surface area contributed by atoms with E-state index in [9.17, 15) is 14.4 Å². The quantitative estimate of drug-likeness (QED) is 0.770. The van der Waals surface area contributed by atoms with Gasteiger partial charge in [-0.05, 0) is 49.8 Å². The predicted octanol–water partition coefficient (Wildman–Crippen LogP) is 2.26. The van der Waals surface area contributed by atoms with Gasteiger partial charge >= 0.3 is 0 Å². The topological polar surface area (TPSA) is 60.9 Å². The zero-order chi connectivity index (χ0) is 19.7.